The fourth-order valence-corrected chi connectivity index (χ4v) is 4.01. The van der Waals surface area contributed by atoms with Gasteiger partial charge in [-0.25, -0.2) is 0 Å². The van der Waals surface area contributed by atoms with Crippen molar-refractivity contribution in [1.29, 1.82) is 0 Å². The zero-order valence-corrected chi connectivity index (χ0v) is 19.8. The molecule has 0 heterocycles. The number of unbranched alkanes of at least 4 members (excludes halogenated alkanes) is 14. The molecule has 0 unspecified atom stereocenters. The molecule has 165 valence electrons. The molecule has 0 spiro atoms. The second-order valence-electron chi connectivity index (χ2n) is 8.87. The molecule has 0 atom stereocenters. The van der Waals surface area contributed by atoms with Gasteiger partial charge in [0.15, 0.2) is 0 Å². The maximum Gasteiger partial charge on any atom is -0.0149 e. The molecule has 0 aliphatic carbocycles. The van der Waals surface area contributed by atoms with Crippen LogP contribution in [0, 0.1) is 6.07 Å². The first-order valence-electron chi connectivity index (χ1n) is 13.0. The molecule has 1 radical (unpaired) electrons. The van der Waals surface area contributed by atoms with Crippen molar-refractivity contribution >= 4 is 0 Å². The van der Waals surface area contributed by atoms with Crippen molar-refractivity contribution in [2.75, 3.05) is 0 Å². The lowest BCUT2D eigenvalue weighted by molar-refractivity contribution is 0.595. The van der Waals surface area contributed by atoms with Gasteiger partial charge < -0.3 is 0 Å². The van der Waals surface area contributed by atoms with E-state index in [0.717, 1.165) is 0 Å². The lowest BCUT2D eigenvalue weighted by atomic mass is 10.0. The highest BCUT2D eigenvalue weighted by molar-refractivity contribution is 5.22. The van der Waals surface area contributed by atoms with Gasteiger partial charge in [0.2, 0.25) is 0 Å². The van der Waals surface area contributed by atoms with E-state index in [0.29, 0.717) is 0 Å². The van der Waals surface area contributed by atoms with Crippen LogP contribution in [-0.4, -0.2) is 0 Å². The third-order valence-corrected chi connectivity index (χ3v) is 5.95. The van der Waals surface area contributed by atoms with Gasteiger partial charge in [-0.05, 0) is 68.6 Å². The normalized spacial score (nSPS) is 11.5. The summed E-state index contributed by atoms with van der Waals surface area (Å²) in [6.07, 6.45) is 30.6. The number of hydrogen-bond donors (Lipinski definition) is 0. The van der Waals surface area contributed by atoms with Crippen molar-refractivity contribution in [3.05, 3.63) is 47.5 Å². The molecule has 0 heteroatoms. The maximum atomic E-state index is 3.44. The molecular weight excluding hydrogens is 348 g/mol. The minimum atomic E-state index is 1.21. The van der Waals surface area contributed by atoms with Crippen LogP contribution in [-0.2, 0) is 12.8 Å². The van der Waals surface area contributed by atoms with Gasteiger partial charge in [0.25, 0.3) is 0 Å². The van der Waals surface area contributed by atoms with Crippen molar-refractivity contribution in [2.24, 2.45) is 0 Å². The summed E-state index contributed by atoms with van der Waals surface area (Å²) in [6, 6.07) is 10.2. The molecule has 0 saturated heterocycles. The van der Waals surface area contributed by atoms with Gasteiger partial charge in [0.1, 0.15) is 0 Å². The topological polar surface area (TPSA) is 0 Å². The van der Waals surface area contributed by atoms with Crippen molar-refractivity contribution < 1.29 is 0 Å². The number of benzene rings is 1. The molecule has 1 aromatic carbocycles. The van der Waals surface area contributed by atoms with E-state index in [1.54, 1.807) is 0 Å². The lowest BCUT2D eigenvalue weighted by Crippen LogP contribution is -1.91. The van der Waals surface area contributed by atoms with E-state index in [4.69, 9.17) is 0 Å². The fourth-order valence-electron chi connectivity index (χ4n) is 4.01. The largest absolute Gasteiger partial charge is 0.0885 e. The molecule has 0 amide bonds. The quantitative estimate of drug-likeness (QED) is 0.152. The Hall–Kier alpha value is -1.04. The Labute approximate surface area is 183 Å². The van der Waals surface area contributed by atoms with E-state index >= 15 is 0 Å². The third-order valence-electron chi connectivity index (χ3n) is 5.95. The van der Waals surface area contributed by atoms with Crippen LogP contribution in [0.4, 0.5) is 0 Å². The summed E-state index contributed by atoms with van der Waals surface area (Å²) < 4.78 is 0. The molecule has 0 aromatic heterocycles. The van der Waals surface area contributed by atoms with Gasteiger partial charge in [0, 0.05) is 0 Å². The zero-order valence-electron chi connectivity index (χ0n) is 19.8. The molecule has 0 saturated carbocycles. The molecule has 1 rings (SSSR count). The van der Waals surface area contributed by atoms with E-state index in [1.807, 2.05) is 0 Å². The second kappa shape index (κ2) is 20.2. The number of rotatable bonds is 20. The SMILES string of the molecule is CCCCCCCC/C=C\CCCCCCCCc1[c]ccc(CCCCC)c1. The molecular formula is C29H49. The Morgan fingerprint density at radius 3 is 1.79 bits per heavy atom. The highest BCUT2D eigenvalue weighted by atomic mass is 14.0. The first-order valence-corrected chi connectivity index (χ1v) is 13.0. The summed E-state index contributed by atoms with van der Waals surface area (Å²) in [5.41, 5.74) is 2.94. The molecule has 0 fully saturated rings. The first-order chi connectivity index (χ1) is 14.4. The summed E-state index contributed by atoms with van der Waals surface area (Å²) in [6.45, 7) is 4.56. The van der Waals surface area contributed by atoms with Gasteiger partial charge in [-0.2, -0.15) is 0 Å². The van der Waals surface area contributed by atoms with Gasteiger partial charge >= 0.3 is 0 Å². The molecule has 0 N–H and O–H groups in total. The van der Waals surface area contributed by atoms with Crippen LogP contribution in [0.3, 0.4) is 0 Å². The average Bonchev–Trinajstić information content (AvgIpc) is 2.74. The predicted octanol–water partition coefficient (Wildman–Crippen LogP) is 9.80. The summed E-state index contributed by atoms with van der Waals surface area (Å²) in [5, 5.41) is 0. The molecule has 0 aliphatic heterocycles. The highest BCUT2D eigenvalue weighted by Gasteiger charge is 1.98. The van der Waals surface area contributed by atoms with Crippen molar-refractivity contribution in [1.82, 2.24) is 0 Å². The molecule has 1 aromatic rings. The number of aryl methyl sites for hydroxylation is 2. The van der Waals surface area contributed by atoms with Crippen molar-refractivity contribution in [3.8, 4) is 0 Å². The smallest absolute Gasteiger partial charge is 0.0149 e. The van der Waals surface area contributed by atoms with E-state index in [1.165, 1.54) is 133 Å². The zero-order chi connectivity index (χ0) is 20.8. The number of hydrogen-bond acceptors (Lipinski definition) is 0. The standard InChI is InChI=1S/C29H49/c1-3-5-7-8-9-10-11-12-13-14-15-16-17-18-19-21-24-29-26-22-25-28(27-29)23-20-6-4-2/h12-13,22,25,27H,3-11,14-21,23-24H2,1-2H3/b13-12-. The van der Waals surface area contributed by atoms with Crippen LogP contribution in [0.25, 0.3) is 0 Å². The summed E-state index contributed by atoms with van der Waals surface area (Å²) in [5.74, 6) is 0. The van der Waals surface area contributed by atoms with E-state index in [-0.39, 0.29) is 0 Å². The Bertz CT molecular complexity index is 485. The van der Waals surface area contributed by atoms with Crippen LogP contribution in [0.1, 0.15) is 134 Å². The average molecular weight is 398 g/mol. The second-order valence-corrected chi connectivity index (χ2v) is 8.87. The van der Waals surface area contributed by atoms with Crippen LogP contribution in [0.15, 0.2) is 30.4 Å². The fraction of sp³-hybridized carbons (Fsp3) is 0.724. The van der Waals surface area contributed by atoms with Crippen LogP contribution < -0.4 is 0 Å². The van der Waals surface area contributed by atoms with Crippen LogP contribution in [0.5, 0.6) is 0 Å². The highest BCUT2D eigenvalue weighted by Crippen LogP contribution is 2.14. The predicted molar refractivity (Wildman–Crippen MR) is 132 cm³/mol. The van der Waals surface area contributed by atoms with Crippen LogP contribution >= 0.6 is 0 Å². The Balaban J connectivity index is 1.90. The van der Waals surface area contributed by atoms with E-state index in [2.05, 4.69) is 50.3 Å². The minimum absolute atomic E-state index is 1.21. The molecule has 0 bridgehead atoms. The summed E-state index contributed by atoms with van der Waals surface area (Å²) in [7, 11) is 0. The molecule has 0 aliphatic rings. The lowest BCUT2D eigenvalue weighted by Gasteiger charge is -2.05. The molecule has 0 nitrogen and oxygen atoms in total. The number of allylic oxidation sites excluding steroid dienone is 2. The Morgan fingerprint density at radius 1 is 0.621 bits per heavy atom. The monoisotopic (exact) mass is 397 g/mol. The summed E-state index contributed by atoms with van der Waals surface area (Å²) in [4.78, 5) is 0. The Kier molecular flexibility index (Phi) is 18.1. The summed E-state index contributed by atoms with van der Waals surface area (Å²) >= 11 is 0. The van der Waals surface area contributed by atoms with E-state index in [9.17, 15) is 0 Å². The van der Waals surface area contributed by atoms with Gasteiger partial charge in [-0.15, -0.1) is 0 Å². The van der Waals surface area contributed by atoms with E-state index < -0.39 is 0 Å². The van der Waals surface area contributed by atoms with Crippen molar-refractivity contribution in [3.63, 3.8) is 0 Å². The maximum absolute atomic E-state index is 3.44. The van der Waals surface area contributed by atoms with Crippen molar-refractivity contribution in [2.45, 2.75) is 136 Å². The first kappa shape index (κ1) is 26.0. The van der Waals surface area contributed by atoms with Crippen LogP contribution in [0.2, 0.25) is 0 Å². The molecule has 29 heavy (non-hydrogen) atoms. The Morgan fingerprint density at radius 2 is 1.14 bits per heavy atom. The minimum Gasteiger partial charge on any atom is -0.0885 e. The van der Waals surface area contributed by atoms with Gasteiger partial charge in [0.05, 0.1) is 0 Å². The van der Waals surface area contributed by atoms with Gasteiger partial charge in [-0.1, -0.05) is 115 Å². The van der Waals surface area contributed by atoms with Gasteiger partial charge in [-0.3, -0.25) is 0 Å². The third kappa shape index (κ3) is 16.4.